The molecule has 0 aliphatic carbocycles. The molecule has 1 heterocycles. The Kier molecular flexibility index (Phi) is 5.20. The monoisotopic (exact) mass is 411 g/mol. The largest absolute Gasteiger partial charge is 0.417 e. The lowest BCUT2D eigenvalue weighted by Crippen LogP contribution is -2.34. The second kappa shape index (κ2) is 7.27. The molecular weight excluding hydrogens is 394 g/mol. The maximum atomic E-state index is 12.3. The third-order valence-electron chi connectivity index (χ3n) is 3.74. The van der Waals surface area contributed by atoms with E-state index in [9.17, 15) is 21.6 Å². The number of hydrogen-bond acceptors (Lipinski definition) is 6. The van der Waals surface area contributed by atoms with Gasteiger partial charge in [0.25, 0.3) is 0 Å². The Labute approximate surface area is 155 Å². The first-order chi connectivity index (χ1) is 12.7. The van der Waals surface area contributed by atoms with E-state index in [1.165, 1.54) is 30.3 Å². The maximum Gasteiger partial charge on any atom is 0.417 e. The molecule has 11 heteroatoms. The summed E-state index contributed by atoms with van der Waals surface area (Å²) in [7, 11) is -7.62. The maximum absolute atomic E-state index is 12.3. The molecule has 144 valence electrons. The molecule has 0 aliphatic rings. The van der Waals surface area contributed by atoms with Crippen molar-refractivity contribution < 1.29 is 21.3 Å². The number of benzene rings is 2. The number of hydrogen-bond donors (Lipinski definition) is 3. The van der Waals surface area contributed by atoms with E-state index < -0.39 is 25.8 Å². The number of H-pyrrole nitrogens is 1. The van der Waals surface area contributed by atoms with E-state index in [0.29, 0.717) is 5.52 Å². The van der Waals surface area contributed by atoms with Crippen LogP contribution in [0.4, 0.5) is 0 Å². The van der Waals surface area contributed by atoms with Crippen LogP contribution in [0, 0.1) is 6.92 Å². The molecule has 3 aromatic rings. The highest BCUT2D eigenvalue weighted by Gasteiger charge is 2.17. The van der Waals surface area contributed by atoms with E-state index in [4.69, 9.17) is 4.42 Å². The summed E-state index contributed by atoms with van der Waals surface area (Å²) in [6.45, 7) is 1.56. The van der Waals surface area contributed by atoms with Crippen molar-refractivity contribution in [2.75, 3.05) is 13.1 Å². The minimum atomic E-state index is -3.89. The molecule has 2 aromatic carbocycles. The number of oxazole rings is 1. The van der Waals surface area contributed by atoms with Crippen LogP contribution in [0.25, 0.3) is 11.1 Å². The Hall–Kier alpha value is -2.47. The second-order valence-corrected chi connectivity index (χ2v) is 9.31. The molecule has 27 heavy (non-hydrogen) atoms. The first-order valence-electron chi connectivity index (χ1n) is 7.86. The summed E-state index contributed by atoms with van der Waals surface area (Å²) in [5.41, 5.74) is 1.42. The van der Waals surface area contributed by atoms with Crippen molar-refractivity contribution in [3.63, 3.8) is 0 Å². The summed E-state index contributed by atoms with van der Waals surface area (Å²) in [6.07, 6.45) is 0. The van der Waals surface area contributed by atoms with Crippen molar-refractivity contribution in [2.24, 2.45) is 0 Å². The van der Waals surface area contributed by atoms with E-state index in [0.717, 1.165) is 5.56 Å². The molecule has 0 amide bonds. The number of fused-ring (bicyclic) bond motifs is 1. The zero-order chi connectivity index (χ0) is 19.7. The van der Waals surface area contributed by atoms with E-state index in [-0.39, 0.29) is 28.5 Å². The summed E-state index contributed by atoms with van der Waals surface area (Å²) in [4.78, 5) is 13.6. The second-order valence-electron chi connectivity index (χ2n) is 5.78. The number of aromatic nitrogens is 1. The van der Waals surface area contributed by atoms with Gasteiger partial charge in [-0.2, -0.15) is 0 Å². The van der Waals surface area contributed by atoms with E-state index in [2.05, 4.69) is 14.4 Å². The van der Waals surface area contributed by atoms with Crippen LogP contribution in [0.5, 0.6) is 0 Å². The fraction of sp³-hybridized carbons (Fsp3) is 0.188. The van der Waals surface area contributed by atoms with Crippen LogP contribution in [0.15, 0.2) is 61.5 Å². The number of aromatic amines is 1. The highest BCUT2D eigenvalue weighted by atomic mass is 32.2. The van der Waals surface area contributed by atoms with Crippen molar-refractivity contribution >= 4 is 31.1 Å². The van der Waals surface area contributed by atoms with Crippen molar-refractivity contribution in [2.45, 2.75) is 16.7 Å². The number of aryl methyl sites for hydroxylation is 1. The van der Waals surface area contributed by atoms with Crippen molar-refractivity contribution in [1.29, 1.82) is 0 Å². The first-order valence-corrected chi connectivity index (χ1v) is 10.8. The van der Waals surface area contributed by atoms with Gasteiger partial charge in [0.15, 0.2) is 5.58 Å². The lowest BCUT2D eigenvalue weighted by atomic mass is 10.2. The molecule has 0 bridgehead atoms. The van der Waals surface area contributed by atoms with Gasteiger partial charge < -0.3 is 4.42 Å². The fourth-order valence-corrected chi connectivity index (χ4v) is 4.43. The molecule has 0 saturated heterocycles. The van der Waals surface area contributed by atoms with Crippen LogP contribution in [-0.4, -0.2) is 34.9 Å². The highest BCUT2D eigenvalue weighted by Crippen LogP contribution is 2.16. The Morgan fingerprint density at radius 2 is 1.44 bits per heavy atom. The molecule has 0 radical (unpaired) electrons. The molecule has 0 fully saturated rings. The zero-order valence-corrected chi connectivity index (χ0v) is 15.9. The van der Waals surface area contributed by atoms with Gasteiger partial charge >= 0.3 is 5.76 Å². The number of nitrogens with one attached hydrogen (secondary N) is 3. The third kappa shape index (κ3) is 4.45. The summed E-state index contributed by atoms with van der Waals surface area (Å²) in [5.74, 6) is -0.682. The number of rotatable bonds is 7. The lowest BCUT2D eigenvalue weighted by molar-refractivity contribution is 0.553. The van der Waals surface area contributed by atoms with Crippen molar-refractivity contribution in [3.8, 4) is 0 Å². The van der Waals surface area contributed by atoms with E-state index in [1.807, 2.05) is 6.92 Å². The van der Waals surface area contributed by atoms with Crippen LogP contribution in [0.2, 0.25) is 0 Å². The van der Waals surface area contributed by atoms with Crippen LogP contribution in [-0.2, 0) is 20.0 Å². The molecule has 0 atom stereocenters. The molecule has 0 saturated carbocycles. The molecule has 3 rings (SSSR count). The van der Waals surface area contributed by atoms with Crippen LogP contribution in [0.3, 0.4) is 0 Å². The predicted octanol–water partition coefficient (Wildman–Crippen LogP) is 0.686. The van der Waals surface area contributed by atoms with Gasteiger partial charge in [0, 0.05) is 19.2 Å². The molecule has 0 unspecified atom stereocenters. The van der Waals surface area contributed by atoms with E-state index in [1.54, 1.807) is 12.1 Å². The smallest absolute Gasteiger partial charge is 0.408 e. The lowest BCUT2D eigenvalue weighted by Gasteiger charge is -2.09. The molecule has 9 nitrogen and oxygen atoms in total. The van der Waals surface area contributed by atoms with Crippen LogP contribution < -0.4 is 15.2 Å². The van der Waals surface area contributed by atoms with Gasteiger partial charge in [0.1, 0.15) is 0 Å². The summed E-state index contributed by atoms with van der Waals surface area (Å²) in [5, 5.41) is 0. The zero-order valence-electron chi connectivity index (χ0n) is 14.2. The molecule has 0 aliphatic heterocycles. The average molecular weight is 411 g/mol. The minimum Gasteiger partial charge on any atom is -0.408 e. The highest BCUT2D eigenvalue weighted by molar-refractivity contribution is 7.90. The van der Waals surface area contributed by atoms with Crippen LogP contribution >= 0.6 is 0 Å². The van der Waals surface area contributed by atoms with Gasteiger partial charge in [-0.05, 0) is 31.2 Å². The Morgan fingerprint density at radius 3 is 2.07 bits per heavy atom. The third-order valence-corrected chi connectivity index (χ3v) is 6.68. The molecule has 1 aromatic heterocycles. The van der Waals surface area contributed by atoms with Gasteiger partial charge in [0.2, 0.25) is 20.0 Å². The van der Waals surface area contributed by atoms with Gasteiger partial charge in [-0.15, -0.1) is 0 Å². The van der Waals surface area contributed by atoms with Gasteiger partial charge in [-0.3, -0.25) is 4.98 Å². The molecule has 0 spiro atoms. The predicted molar refractivity (Wildman–Crippen MR) is 98.4 cm³/mol. The van der Waals surface area contributed by atoms with Gasteiger partial charge in [-0.25, -0.2) is 31.1 Å². The van der Waals surface area contributed by atoms with Gasteiger partial charge in [-0.1, -0.05) is 17.7 Å². The van der Waals surface area contributed by atoms with Crippen molar-refractivity contribution in [3.05, 3.63) is 58.6 Å². The summed E-state index contributed by atoms with van der Waals surface area (Å²) in [6, 6.07) is 10.2. The normalized spacial score (nSPS) is 12.5. The number of sulfonamides is 2. The Balaban J connectivity index is 1.63. The van der Waals surface area contributed by atoms with Gasteiger partial charge in [0.05, 0.1) is 15.3 Å². The minimum absolute atomic E-state index is 0.0980. The topological polar surface area (TPSA) is 138 Å². The summed E-state index contributed by atoms with van der Waals surface area (Å²) < 4.78 is 58.4. The van der Waals surface area contributed by atoms with E-state index >= 15 is 0 Å². The first kappa shape index (κ1) is 19.3. The van der Waals surface area contributed by atoms with Crippen LogP contribution in [0.1, 0.15) is 5.56 Å². The Bertz CT molecular complexity index is 1230. The SMILES string of the molecule is Cc1ccc(S(=O)(=O)NCCNS(=O)(=O)c2ccc3[nH]c(=O)oc3c2)cc1. The van der Waals surface area contributed by atoms with Crippen molar-refractivity contribution in [1.82, 2.24) is 14.4 Å². The average Bonchev–Trinajstić information content (AvgIpc) is 2.98. The summed E-state index contributed by atoms with van der Waals surface area (Å²) >= 11 is 0. The Morgan fingerprint density at radius 1 is 0.889 bits per heavy atom. The molecular formula is C16H17N3O6S2. The fourth-order valence-electron chi connectivity index (χ4n) is 2.35. The quantitative estimate of drug-likeness (QED) is 0.489. The molecule has 3 N–H and O–H groups in total. The standard InChI is InChI=1S/C16H17N3O6S2/c1-11-2-4-12(5-3-11)26(21,22)17-8-9-18-27(23,24)13-6-7-14-15(10-13)25-16(20)19-14/h2-7,10,17-18H,8-9H2,1H3,(H,19,20).